The van der Waals surface area contributed by atoms with E-state index in [1.54, 1.807) is 48.5 Å². The molecule has 144 valence electrons. The van der Waals surface area contributed by atoms with Gasteiger partial charge >= 0.3 is 11.9 Å². The molecule has 0 bridgehead atoms. The van der Waals surface area contributed by atoms with Gasteiger partial charge in [-0.25, -0.2) is 9.59 Å². The molecule has 1 aliphatic heterocycles. The third-order valence-corrected chi connectivity index (χ3v) is 4.31. The molecule has 0 N–H and O–H groups in total. The summed E-state index contributed by atoms with van der Waals surface area (Å²) < 4.78 is 15.1. The molecule has 0 aliphatic carbocycles. The van der Waals surface area contributed by atoms with Crippen LogP contribution in [-0.2, 0) is 23.8 Å². The summed E-state index contributed by atoms with van der Waals surface area (Å²) in [7, 11) is 2.44. The van der Waals surface area contributed by atoms with Crippen molar-refractivity contribution in [2.24, 2.45) is 0 Å². The van der Waals surface area contributed by atoms with Crippen LogP contribution in [0.2, 0.25) is 0 Å². The van der Waals surface area contributed by atoms with Gasteiger partial charge in [0, 0.05) is 11.1 Å². The van der Waals surface area contributed by atoms with Gasteiger partial charge in [-0.05, 0) is 12.1 Å². The maximum Gasteiger partial charge on any atom is 0.355 e. The van der Waals surface area contributed by atoms with Gasteiger partial charge in [-0.2, -0.15) is 0 Å². The molecule has 28 heavy (non-hydrogen) atoms. The molecular weight excluding hydrogens is 362 g/mol. The maximum absolute atomic E-state index is 13.0. The van der Waals surface area contributed by atoms with Gasteiger partial charge in [0.2, 0.25) is 0 Å². The molecule has 1 aliphatic rings. The van der Waals surface area contributed by atoms with Crippen molar-refractivity contribution in [1.82, 2.24) is 0 Å². The number of hydrogen-bond donors (Lipinski definition) is 0. The fourth-order valence-electron chi connectivity index (χ4n) is 2.98. The Kier molecular flexibility index (Phi) is 5.86. The first-order chi connectivity index (χ1) is 13.6. The smallest absolute Gasteiger partial charge is 0.355 e. The lowest BCUT2D eigenvalue weighted by Gasteiger charge is -2.32. The van der Waals surface area contributed by atoms with Crippen LogP contribution in [-0.4, -0.2) is 45.3 Å². The fraction of sp³-hybridized carbons (Fsp3) is 0.190. The summed E-state index contributed by atoms with van der Waals surface area (Å²) >= 11 is 0. The third-order valence-electron chi connectivity index (χ3n) is 4.31. The minimum absolute atomic E-state index is 0.00564. The predicted molar refractivity (Wildman–Crippen MR) is 101 cm³/mol. The van der Waals surface area contributed by atoms with Crippen LogP contribution in [0, 0.1) is 0 Å². The number of methoxy groups -OCH3 is 2. The number of benzene rings is 2. The molecule has 0 aromatic heterocycles. The molecule has 0 saturated heterocycles. The molecule has 2 aromatic carbocycles. The van der Waals surface area contributed by atoms with Crippen LogP contribution in [0.5, 0.6) is 0 Å². The highest BCUT2D eigenvalue weighted by molar-refractivity contribution is 6.13. The van der Waals surface area contributed by atoms with Crippen LogP contribution < -0.4 is 4.90 Å². The van der Waals surface area contributed by atoms with E-state index < -0.39 is 11.9 Å². The molecule has 0 amide bonds. The Balaban J connectivity index is 2.13. The zero-order chi connectivity index (χ0) is 20.1. The van der Waals surface area contributed by atoms with Crippen LogP contribution in [0.4, 0.5) is 5.69 Å². The molecule has 1 heterocycles. The number of ether oxygens (including phenoxy) is 3. The summed E-state index contributed by atoms with van der Waals surface area (Å²) in [6.45, 7) is -0.119. The first-order valence-electron chi connectivity index (χ1n) is 8.52. The van der Waals surface area contributed by atoms with E-state index in [2.05, 4.69) is 0 Å². The first-order valence-corrected chi connectivity index (χ1v) is 8.52. The molecule has 0 saturated carbocycles. The summed E-state index contributed by atoms with van der Waals surface area (Å²) in [5, 5.41) is 0. The molecule has 2 aromatic rings. The number of rotatable bonds is 5. The summed E-state index contributed by atoms with van der Waals surface area (Å²) in [5.74, 6) is -1.63. The minimum Gasteiger partial charge on any atom is -0.466 e. The van der Waals surface area contributed by atoms with Crippen LogP contribution in [0.25, 0.3) is 0 Å². The second-order valence-electron chi connectivity index (χ2n) is 5.93. The SMILES string of the molecule is COC(=O)C1=C(C(=O)OC)N(c2ccccc2C(=O)c2ccccc2)COC1. The van der Waals surface area contributed by atoms with Gasteiger partial charge in [-0.3, -0.25) is 4.79 Å². The molecule has 7 heteroatoms. The van der Waals surface area contributed by atoms with Gasteiger partial charge in [-0.15, -0.1) is 0 Å². The lowest BCUT2D eigenvalue weighted by molar-refractivity contribution is -0.140. The highest BCUT2D eigenvalue weighted by atomic mass is 16.5. The monoisotopic (exact) mass is 381 g/mol. The van der Waals surface area contributed by atoms with Gasteiger partial charge in [0.05, 0.1) is 32.1 Å². The summed E-state index contributed by atoms with van der Waals surface area (Å²) in [5.41, 5.74) is 1.32. The summed E-state index contributed by atoms with van der Waals surface area (Å²) in [4.78, 5) is 39.1. The van der Waals surface area contributed by atoms with Crippen molar-refractivity contribution in [3.63, 3.8) is 0 Å². The Bertz CT molecular complexity index is 935. The quantitative estimate of drug-likeness (QED) is 0.581. The molecule has 0 spiro atoms. The van der Waals surface area contributed by atoms with Gasteiger partial charge in [-0.1, -0.05) is 42.5 Å². The highest BCUT2D eigenvalue weighted by Crippen LogP contribution is 2.30. The molecule has 0 radical (unpaired) electrons. The normalized spacial score (nSPS) is 13.9. The first kappa shape index (κ1) is 19.3. The Morgan fingerprint density at radius 1 is 0.893 bits per heavy atom. The van der Waals surface area contributed by atoms with Crippen LogP contribution >= 0.6 is 0 Å². The fourth-order valence-corrected chi connectivity index (χ4v) is 2.98. The van der Waals surface area contributed by atoms with E-state index in [0.29, 0.717) is 16.8 Å². The van der Waals surface area contributed by atoms with E-state index in [4.69, 9.17) is 14.2 Å². The van der Waals surface area contributed by atoms with E-state index in [1.807, 2.05) is 6.07 Å². The minimum atomic E-state index is -0.717. The molecular formula is C21H19NO6. The average molecular weight is 381 g/mol. The highest BCUT2D eigenvalue weighted by Gasteiger charge is 2.34. The van der Waals surface area contributed by atoms with Crippen LogP contribution in [0.3, 0.4) is 0 Å². The van der Waals surface area contributed by atoms with Gasteiger partial charge in [0.15, 0.2) is 5.78 Å². The number of ketones is 1. The number of para-hydroxylation sites is 1. The third kappa shape index (κ3) is 3.65. The second kappa shape index (κ2) is 8.49. The molecule has 0 fully saturated rings. The van der Waals surface area contributed by atoms with Crippen molar-refractivity contribution < 1.29 is 28.6 Å². The van der Waals surface area contributed by atoms with Crippen LogP contribution in [0.15, 0.2) is 65.9 Å². The van der Waals surface area contributed by atoms with Crippen LogP contribution in [0.1, 0.15) is 15.9 Å². The summed E-state index contributed by atoms with van der Waals surface area (Å²) in [6, 6.07) is 15.6. The van der Waals surface area contributed by atoms with Crippen molar-refractivity contribution in [2.75, 3.05) is 32.5 Å². The second-order valence-corrected chi connectivity index (χ2v) is 5.93. The van der Waals surface area contributed by atoms with Gasteiger partial charge < -0.3 is 19.1 Å². The van der Waals surface area contributed by atoms with Crippen molar-refractivity contribution in [2.45, 2.75) is 0 Å². The van der Waals surface area contributed by atoms with Crippen molar-refractivity contribution in [3.05, 3.63) is 77.0 Å². The largest absolute Gasteiger partial charge is 0.466 e. The average Bonchev–Trinajstić information content (AvgIpc) is 2.77. The van der Waals surface area contributed by atoms with Crippen molar-refractivity contribution in [1.29, 1.82) is 0 Å². The lowest BCUT2D eigenvalue weighted by atomic mass is 10.00. The van der Waals surface area contributed by atoms with Gasteiger partial charge in [0.1, 0.15) is 12.4 Å². The topological polar surface area (TPSA) is 82.1 Å². The molecule has 0 atom stereocenters. The maximum atomic E-state index is 13.0. The van der Waals surface area contributed by atoms with Crippen molar-refractivity contribution >= 4 is 23.4 Å². The molecule has 3 rings (SSSR count). The number of nitrogens with zero attached hydrogens (tertiary/aromatic N) is 1. The van der Waals surface area contributed by atoms with E-state index in [1.165, 1.54) is 19.1 Å². The number of anilines is 1. The number of carbonyl (C=O) groups is 3. The molecule has 7 nitrogen and oxygen atoms in total. The zero-order valence-electron chi connectivity index (χ0n) is 15.5. The number of hydrogen-bond acceptors (Lipinski definition) is 7. The molecule has 0 unspecified atom stereocenters. The predicted octanol–water partition coefficient (Wildman–Crippen LogP) is 2.31. The van der Waals surface area contributed by atoms with E-state index in [9.17, 15) is 14.4 Å². The number of esters is 2. The Morgan fingerprint density at radius 3 is 2.21 bits per heavy atom. The Morgan fingerprint density at radius 2 is 1.54 bits per heavy atom. The lowest BCUT2D eigenvalue weighted by Crippen LogP contribution is -2.39. The summed E-state index contributed by atoms with van der Waals surface area (Å²) in [6.07, 6.45) is 0. The Hall–Kier alpha value is -3.45. The van der Waals surface area contributed by atoms with Gasteiger partial charge in [0.25, 0.3) is 0 Å². The van der Waals surface area contributed by atoms with Crippen molar-refractivity contribution in [3.8, 4) is 0 Å². The Labute approximate surface area is 162 Å². The number of carbonyl (C=O) groups excluding carboxylic acids is 3. The van der Waals surface area contributed by atoms with E-state index in [0.717, 1.165) is 0 Å². The van der Waals surface area contributed by atoms with E-state index in [-0.39, 0.29) is 30.4 Å². The zero-order valence-corrected chi connectivity index (χ0v) is 15.5. The standard InChI is InChI=1S/C21H19NO6/c1-26-20(24)16-12-28-13-22(18(16)21(25)27-2)17-11-7-6-10-15(17)19(23)14-8-4-3-5-9-14/h3-11H,12-13H2,1-2H3. The van der Waals surface area contributed by atoms with E-state index >= 15 is 0 Å².